The normalized spacial score (nSPS) is 11.7. The van der Waals surface area contributed by atoms with Crippen LogP contribution < -0.4 is 5.32 Å². The van der Waals surface area contributed by atoms with Crippen molar-refractivity contribution in [3.63, 3.8) is 0 Å². The number of pyridine rings is 2. The molecular formula is C23H21ClFN5O2. The molecule has 0 unspecified atom stereocenters. The first kappa shape index (κ1) is 22.0. The molecule has 0 saturated carbocycles. The van der Waals surface area contributed by atoms with Crippen LogP contribution in [-0.4, -0.2) is 30.1 Å². The van der Waals surface area contributed by atoms with E-state index in [4.69, 9.17) is 11.6 Å². The van der Waals surface area contributed by atoms with Crippen LogP contribution in [0.1, 0.15) is 30.8 Å². The van der Waals surface area contributed by atoms with E-state index in [1.807, 2.05) is 24.3 Å². The van der Waals surface area contributed by atoms with Gasteiger partial charge in [-0.2, -0.15) is 0 Å². The fraction of sp³-hybridized carbons (Fsp3) is 0.217. The first-order valence-electron chi connectivity index (χ1n) is 9.89. The van der Waals surface area contributed by atoms with Crippen LogP contribution in [0.25, 0.3) is 22.3 Å². The Morgan fingerprint density at radius 2 is 1.78 bits per heavy atom. The van der Waals surface area contributed by atoms with Gasteiger partial charge in [0.15, 0.2) is 11.6 Å². The quantitative estimate of drug-likeness (QED) is 0.401. The fourth-order valence-corrected chi connectivity index (χ4v) is 3.44. The van der Waals surface area contributed by atoms with E-state index >= 15 is 0 Å². The molecule has 0 spiro atoms. The van der Waals surface area contributed by atoms with Gasteiger partial charge in [0.1, 0.15) is 16.8 Å². The molecule has 0 aliphatic carbocycles. The zero-order valence-electron chi connectivity index (χ0n) is 17.5. The molecule has 0 fully saturated rings. The second kappa shape index (κ2) is 8.74. The van der Waals surface area contributed by atoms with Gasteiger partial charge in [-0.1, -0.05) is 35.9 Å². The van der Waals surface area contributed by atoms with Gasteiger partial charge >= 0.3 is 0 Å². The Labute approximate surface area is 189 Å². The summed E-state index contributed by atoms with van der Waals surface area (Å²) in [6, 6.07) is 8.78. The number of hydrogen-bond donors (Lipinski definition) is 3. The van der Waals surface area contributed by atoms with E-state index in [0.29, 0.717) is 33.9 Å². The third-order valence-electron chi connectivity index (χ3n) is 4.86. The zero-order chi connectivity index (χ0) is 22.9. The number of anilines is 1. The average molecular weight is 454 g/mol. The topological polar surface area (TPSA) is 104 Å². The molecule has 4 rings (SSSR count). The van der Waals surface area contributed by atoms with Crippen molar-refractivity contribution in [1.82, 2.24) is 19.9 Å². The number of aromatic nitrogens is 4. The molecule has 0 radical (unpaired) electrons. The van der Waals surface area contributed by atoms with Crippen molar-refractivity contribution in [2.45, 2.75) is 32.6 Å². The second-order valence-electron chi connectivity index (χ2n) is 7.85. The monoisotopic (exact) mass is 453 g/mol. The summed E-state index contributed by atoms with van der Waals surface area (Å²) >= 11 is 6.39. The number of hydrogen-bond acceptors (Lipinski definition) is 7. The Morgan fingerprint density at radius 3 is 2.47 bits per heavy atom. The molecule has 3 N–H and O–H groups in total. The van der Waals surface area contributed by atoms with Crippen LogP contribution in [0, 0.1) is 5.82 Å². The van der Waals surface area contributed by atoms with Crippen molar-refractivity contribution in [1.29, 1.82) is 0 Å². The summed E-state index contributed by atoms with van der Waals surface area (Å²) in [4.78, 5) is 16.9. The molecule has 3 heterocycles. The van der Waals surface area contributed by atoms with Gasteiger partial charge in [-0.3, -0.25) is 4.98 Å². The molecular weight excluding hydrogens is 433 g/mol. The van der Waals surface area contributed by atoms with Crippen molar-refractivity contribution in [2.24, 2.45) is 0 Å². The van der Waals surface area contributed by atoms with Gasteiger partial charge in [-0.05, 0) is 25.0 Å². The van der Waals surface area contributed by atoms with Crippen molar-refractivity contribution in [3.8, 4) is 11.3 Å². The minimum absolute atomic E-state index is 0.0502. The number of rotatable bonds is 6. The molecule has 9 heteroatoms. The highest BCUT2D eigenvalue weighted by Crippen LogP contribution is 2.32. The van der Waals surface area contributed by atoms with E-state index in [9.17, 15) is 14.6 Å². The maximum Gasteiger partial charge on any atom is 0.159 e. The van der Waals surface area contributed by atoms with Gasteiger partial charge in [0, 0.05) is 36.8 Å². The SMILES string of the molecule is CC(C)(O)c1ncc(-c2nc3c(NCc4cccc(CO)c4)c(Cl)cnc3cc2F)cn1. The summed E-state index contributed by atoms with van der Waals surface area (Å²) in [6.45, 7) is 3.51. The van der Waals surface area contributed by atoms with Crippen LogP contribution in [0.5, 0.6) is 0 Å². The number of halogens is 2. The Hall–Kier alpha value is -3.20. The molecule has 0 saturated heterocycles. The standard InChI is InChI=1S/C23H21ClFN5O2/c1-23(2,32)22-28-9-15(10-29-22)19-17(25)7-18-21(30-19)20(16(24)11-26-18)27-8-13-4-3-5-14(6-13)12-31/h3-7,9-11,31-32H,8,12H2,1-2H3,(H,26,27). The van der Waals surface area contributed by atoms with E-state index in [-0.39, 0.29) is 18.1 Å². The zero-order valence-corrected chi connectivity index (χ0v) is 18.2. The molecule has 0 amide bonds. The minimum atomic E-state index is -1.21. The highest BCUT2D eigenvalue weighted by atomic mass is 35.5. The van der Waals surface area contributed by atoms with Gasteiger partial charge in [0.2, 0.25) is 0 Å². The van der Waals surface area contributed by atoms with E-state index in [1.165, 1.54) is 24.7 Å². The average Bonchev–Trinajstić information content (AvgIpc) is 2.78. The molecule has 3 aromatic heterocycles. The number of benzene rings is 1. The first-order valence-corrected chi connectivity index (χ1v) is 10.3. The van der Waals surface area contributed by atoms with Gasteiger partial charge in [-0.15, -0.1) is 0 Å². The minimum Gasteiger partial charge on any atom is -0.392 e. The third-order valence-corrected chi connectivity index (χ3v) is 5.15. The first-order chi connectivity index (χ1) is 15.3. The summed E-state index contributed by atoms with van der Waals surface area (Å²) in [7, 11) is 0. The lowest BCUT2D eigenvalue weighted by Crippen LogP contribution is -2.19. The summed E-state index contributed by atoms with van der Waals surface area (Å²) in [5, 5.41) is 23.0. The molecule has 0 atom stereocenters. The Balaban J connectivity index is 1.73. The maximum absolute atomic E-state index is 14.8. The smallest absolute Gasteiger partial charge is 0.159 e. The third kappa shape index (κ3) is 4.52. The van der Waals surface area contributed by atoms with Crippen LogP contribution in [0.2, 0.25) is 5.02 Å². The Morgan fingerprint density at radius 1 is 1.06 bits per heavy atom. The van der Waals surface area contributed by atoms with Gasteiger partial charge in [0.05, 0.1) is 22.8 Å². The lowest BCUT2D eigenvalue weighted by atomic mass is 10.1. The van der Waals surface area contributed by atoms with Crippen LogP contribution >= 0.6 is 11.6 Å². The summed E-state index contributed by atoms with van der Waals surface area (Å²) in [6.07, 6.45) is 4.28. The highest BCUT2D eigenvalue weighted by molar-refractivity contribution is 6.34. The number of aliphatic hydroxyl groups excluding tert-OH is 1. The maximum atomic E-state index is 14.8. The number of nitrogens with one attached hydrogen (secondary N) is 1. The number of fused-ring (bicyclic) bond motifs is 1. The van der Waals surface area contributed by atoms with Crippen LogP contribution in [0.4, 0.5) is 10.1 Å². The summed E-state index contributed by atoms with van der Waals surface area (Å²) in [5.74, 6) is -0.354. The van der Waals surface area contributed by atoms with Gasteiger partial charge in [0.25, 0.3) is 0 Å². The van der Waals surface area contributed by atoms with E-state index < -0.39 is 11.4 Å². The summed E-state index contributed by atoms with van der Waals surface area (Å²) in [5.41, 5.74) is 2.20. The predicted octanol–water partition coefficient (Wildman–Crippen LogP) is 4.21. The Bertz CT molecular complexity index is 1280. The van der Waals surface area contributed by atoms with Crippen molar-refractivity contribution in [3.05, 3.63) is 76.7 Å². The van der Waals surface area contributed by atoms with Crippen molar-refractivity contribution in [2.75, 3.05) is 5.32 Å². The largest absolute Gasteiger partial charge is 0.392 e. The van der Waals surface area contributed by atoms with Gasteiger partial charge in [-0.25, -0.2) is 19.3 Å². The fourth-order valence-electron chi connectivity index (χ4n) is 3.23. The molecule has 7 nitrogen and oxygen atoms in total. The molecule has 1 aromatic carbocycles. The van der Waals surface area contributed by atoms with Crippen LogP contribution in [0.3, 0.4) is 0 Å². The van der Waals surface area contributed by atoms with Crippen LogP contribution in [-0.2, 0) is 18.8 Å². The molecule has 164 valence electrons. The summed E-state index contributed by atoms with van der Waals surface area (Å²) < 4.78 is 14.8. The molecule has 0 aliphatic rings. The molecule has 4 aromatic rings. The number of nitrogens with zero attached hydrogens (tertiary/aromatic N) is 4. The predicted molar refractivity (Wildman–Crippen MR) is 120 cm³/mol. The Kier molecular flexibility index (Phi) is 6.01. The van der Waals surface area contributed by atoms with E-state index in [1.54, 1.807) is 13.8 Å². The highest BCUT2D eigenvalue weighted by Gasteiger charge is 2.20. The van der Waals surface area contributed by atoms with Crippen molar-refractivity contribution >= 4 is 28.3 Å². The molecule has 32 heavy (non-hydrogen) atoms. The lowest BCUT2D eigenvalue weighted by Gasteiger charge is -2.15. The van der Waals surface area contributed by atoms with E-state index in [0.717, 1.165) is 11.1 Å². The van der Waals surface area contributed by atoms with Crippen LogP contribution in [0.15, 0.2) is 48.9 Å². The number of aliphatic hydroxyl groups is 2. The molecule has 0 aliphatic heterocycles. The second-order valence-corrected chi connectivity index (χ2v) is 8.26. The van der Waals surface area contributed by atoms with E-state index in [2.05, 4.69) is 25.3 Å². The lowest BCUT2D eigenvalue weighted by molar-refractivity contribution is 0.0687. The molecule has 0 bridgehead atoms. The van der Waals surface area contributed by atoms with Gasteiger partial charge < -0.3 is 15.5 Å². The van der Waals surface area contributed by atoms with Crippen molar-refractivity contribution < 1.29 is 14.6 Å².